The Labute approximate surface area is 114 Å². The highest BCUT2D eigenvalue weighted by molar-refractivity contribution is 5.74. The van der Waals surface area contributed by atoms with E-state index in [1.54, 1.807) is 0 Å². The second-order valence-electron chi connectivity index (χ2n) is 6.61. The fraction of sp³-hybridized carbons (Fsp3) is 0.562. The van der Waals surface area contributed by atoms with Crippen LogP contribution in [0.1, 0.15) is 37.8 Å². The van der Waals surface area contributed by atoms with Crippen LogP contribution in [0, 0.1) is 5.92 Å². The van der Waals surface area contributed by atoms with Crippen LogP contribution in [0.2, 0.25) is 0 Å². The van der Waals surface area contributed by atoms with Crippen LogP contribution in [-0.4, -0.2) is 24.2 Å². The van der Waals surface area contributed by atoms with Gasteiger partial charge in [0.2, 0.25) is 0 Å². The van der Waals surface area contributed by atoms with Crippen molar-refractivity contribution in [2.24, 2.45) is 5.92 Å². The number of hydrogen-bond acceptors (Lipinski definition) is 2. The van der Waals surface area contributed by atoms with Gasteiger partial charge in [-0.2, -0.15) is 0 Å². The van der Waals surface area contributed by atoms with Crippen molar-refractivity contribution in [3.63, 3.8) is 0 Å². The molecule has 2 N–H and O–H groups in total. The lowest BCUT2D eigenvalue weighted by atomic mass is 9.58. The molecule has 2 atom stereocenters. The van der Waals surface area contributed by atoms with Crippen LogP contribution in [0.4, 0.5) is 0 Å². The lowest BCUT2D eigenvalue weighted by Crippen LogP contribution is -2.45. The second kappa shape index (κ2) is 4.07. The van der Waals surface area contributed by atoms with Gasteiger partial charge in [0.15, 0.2) is 0 Å². The first-order valence-electron chi connectivity index (χ1n) is 7.01. The Morgan fingerprint density at radius 3 is 2.63 bits per heavy atom. The minimum atomic E-state index is -0.667. The molecule has 3 heteroatoms. The highest BCUT2D eigenvalue weighted by atomic mass is 16.4. The lowest BCUT2D eigenvalue weighted by molar-refractivity contribution is -0.143. The Bertz CT molecular complexity index is 523. The van der Waals surface area contributed by atoms with Crippen molar-refractivity contribution >= 4 is 5.97 Å². The molecule has 2 aliphatic rings. The van der Waals surface area contributed by atoms with Crippen LogP contribution < -0.4 is 5.32 Å². The number of benzene rings is 1. The van der Waals surface area contributed by atoms with Crippen molar-refractivity contribution in [1.29, 1.82) is 0 Å². The molecular formula is C16H21NO2. The summed E-state index contributed by atoms with van der Waals surface area (Å²) in [5, 5.41) is 12.8. The highest BCUT2D eigenvalue weighted by Crippen LogP contribution is 2.50. The maximum Gasteiger partial charge on any atom is 0.308 e. The van der Waals surface area contributed by atoms with Crippen molar-refractivity contribution in [3.8, 4) is 0 Å². The average molecular weight is 259 g/mol. The smallest absolute Gasteiger partial charge is 0.308 e. The Morgan fingerprint density at radius 1 is 1.26 bits per heavy atom. The number of carboxylic acid groups (broad SMARTS) is 1. The van der Waals surface area contributed by atoms with Crippen LogP contribution in [0.3, 0.4) is 0 Å². The van der Waals surface area contributed by atoms with Gasteiger partial charge >= 0.3 is 5.97 Å². The minimum Gasteiger partial charge on any atom is -0.481 e. The fourth-order valence-corrected chi connectivity index (χ4v) is 3.94. The van der Waals surface area contributed by atoms with E-state index >= 15 is 0 Å². The maximum atomic E-state index is 11.6. The summed E-state index contributed by atoms with van der Waals surface area (Å²) in [6, 6.07) is 8.42. The summed E-state index contributed by atoms with van der Waals surface area (Å²) in [7, 11) is 0. The van der Waals surface area contributed by atoms with E-state index in [4.69, 9.17) is 0 Å². The Kier molecular flexibility index (Phi) is 2.72. The monoisotopic (exact) mass is 259 g/mol. The molecule has 1 aromatic carbocycles. The van der Waals surface area contributed by atoms with E-state index in [0.717, 1.165) is 19.4 Å². The molecule has 0 aromatic heterocycles. The first-order chi connectivity index (χ1) is 8.97. The summed E-state index contributed by atoms with van der Waals surface area (Å²) in [5.74, 6) is -0.968. The summed E-state index contributed by atoms with van der Waals surface area (Å²) in [6.07, 6.45) is 2.01. The molecule has 1 aliphatic carbocycles. The summed E-state index contributed by atoms with van der Waals surface area (Å²) >= 11 is 0. The summed E-state index contributed by atoms with van der Waals surface area (Å²) < 4.78 is 0. The highest BCUT2D eigenvalue weighted by Gasteiger charge is 2.52. The SMILES string of the molecule is CC1(C)CCC2(CNCC2C(=O)O)c2ccccc21. The molecule has 3 rings (SSSR count). The van der Waals surface area contributed by atoms with Crippen LogP contribution in [0.25, 0.3) is 0 Å². The van der Waals surface area contributed by atoms with E-state index in [0.29, 0.717) is 6.54 Å². The van der Waals surface area contributed by atoms with E-state index in [1.807, 2.05) is 6.07 Å². The standard InChI is InChI=1S/C16H21NO2/c1-15(2)7-8-16(10-17-9-13(16)14(18)19)12-6-4-3-5-11(12)15/h3-6,13,17H,7-10H2,1-2H3,(H,18,19). The van der Waals surface area contributed by atoms with Crippen LogP contribution in [-0.2, 0) is 15.6 Å². The summed E-state index contributed by atoms with van der Waals surface area (Å²) in [6.45, 7) is 5.90. The lowest BCUT2D eigenvalue weighted by Gasteiger charge is -2.45. The quantitative estimate of drug-likeness (QED) is 0.813. The van der Waals surface area contributed by atoms with Crippen molar-refractivity contribution in [1.82, 2.24) is 5.32 Å². The predicted molar refractivity (Wildman–Crippen MR) is 74.4 cm³/mol. The molecule has 3 nitrogen and oxygen atoms in total. The molecule has 1 fully saturated rings. The number of carbonyl (C=O) groups is 1. The zero-order valence-electron chi connectivity index (χ0n) is 11.6. The topological polar surface area (TPSA) is 49.3 Å². The van der Waals surface area contributed by atoms with Crippen LogP contribution in [0.15, 0.2) is 24.3 Å². The molecule has 19 heavy (non-hydrogen) atoms. The van der Waals surface area contributed by atoms with Gasteiger partial charge in [0, 0.05) is 18.5 Å². The number of aliphatic carboxylic acids is 1. The van der Waals surface area contributed by atoms with Crippen molar-refractivity contribution < 1.29 is 9.90 Å². The van der Waals surface area contributed by atoms with Crippen LogP contribution in [0.5, 0.6) is 0 Å². The maximum absolute atomic E-state index is 11.6. The third-order valence-electron chi connectivity index (χ3n) is 5.14. The first kappa shape index (κ1) is 12.7. The van der Waals surface area contributed by atoms with E-state index in [1.165, 1.54) is 11.1 Å². The molecular weight excluding hydrogens is 238 g/mol. The van der Waals surface area contributed by atoms with Gasteiger partial charge in [-0.15, -0.1) is 0 Å². The van der Waals surface area contributed by atoms with Gasteiger partial charge in [-0.05, 0) is 29.4 Å². The van der Waals surface area contributed by atoms with E-state index < -0.39 is 5.97 Å². The third kappa shape index (κ3) is 1.71. The predicted octanol–water partition coefficient (Wildman–Crippen LogP) is 2.30. The van der Waals surface area contributed by atoms with Gasteiger partial charge < -0.3 is 10.4 Å². The molecule has 0 bridgehead atoms. The molecule has 1 aliphatic heterocycles. The van der Waals surface area contributed by atoms with Gasteiger partial charge in [0.25, 0.3) is 0 Å². The first-order valence-corrected chi connectivity index (χ1v) is 7.01. The Morgan fingerprint density at radius 2 is 1.95 bits per heavy atom. The van der Waals surface area contributed by atoms with E-state index in [2.05, 4.69) is 37.4 Å². The average Bonchev–Trinajstić information content (AvgIpc) is 2.80. The second-order valence-corrected chi connectivity index (χ2v) is 6.61. The number of nitrogens with one attached hydrogen (secondary N) is 1. The normalized spacial score (nSPS) is 32.2. The number of rotatable bonds is 1. The fourth-order valence-electron chi connectivity index (χ4n) is 3.94. The number of hydrogen-bond donors (Lipinski definition) is 2. The van der Waals surface area contributed by atoms with Gasteiger partial charge in [0.05, 0.1) is 5.92 Å². The summed E-state index contributed by atoms with van der Waals surface area (Å²) in [5.41, 5.74) is 2.52. The van der Waals surface area contributed by atoms with Crippen molar-refractivity contribution in [3.05, 3.63) is 35.4 Å². The summed E-state index contributed by atoms with van der Waals surface area (Å²) in [4.78, 5) is 11.6. The molecule has 0 radical (unpaired) electrons. The van der Waals surface area contributed by atoms with E-state index in [9.17, 15) is 9.90 Å². The van der Waals surface area contributed by atoms with Gasteiger partial charge in [-0.1, -0.05) is 38.1 Å². The minimum absolute atomic E-state index is 0.146. The van der Waals surface area contributed by atoms with Crippen molar-refractivity contribution in [2.45, 2.75) is 37.5 Å². The largest absolute Gasteiger partial charge is 0.481 e. The molecule has 2 unspecified atom stereocenters. The Balaban J connectivity index is 2.17. The zero-order valence-corrected chi connectivity index (χ0v) is 11.6. The van der Waals surface area contributed by atoms with Gasteiger partial charge in [-0.25, -0.2) is 0 Å². The van der Waals surface area contributed by atoms with Gasteiger partial charge in [-0.3, -0.25) is 4.79 Å². The number of fused-ring (bicyclic) bond motifs is 2. The third-order valence-corrected chi connectivity index (χ3v) is 5.14. The molecule has 1 aromatic rings. The Hall–Kier alpha value is -1.35. The molecule has 1 saturated heterocycles. The molecule has 0 saturated carbocycles. The van der Waals surface area contributed by atoms with Crippen LogP contribution >= 0.6 is 0 Å². The molecule has 0 amide bonds. The van der Waals surface area contributed by atoms with Gasteiger partial charge in [0.1, 0.15) is 0 Å². The van der Waals surface area contributed by atoms with Crippen molar-refractivity contribution in [2.75, 3.05) is 13.1 Å². The number of carboxylic acids is 1. The zero-order chi connectivity index (χ0) is 13.7. The molecule has 1 spiro atoms. The molecule has 102 valence electrons. The van der Waals surface area contributed by atoms with E-state index in [-0.39, 0.29) is 16.7 Å². The molecule has 1 heterocycles.